The quantitative estimate of drug-likeness (QED) is 0.388. The van der Waals surface area contributed by atoms with Gasteiger partial charge in [-0.1, -0.05) is 77.6 Å². The van der Waals surface area contributed by atoms with E-state index in [0.29, 0.717) is 0 Å². The summed E-state index contributed by atoms with van der Waals surface area (Å²) in [5.74, 6) is 0. The third-order valence-corrected chi connectivity index (χ3v) is 4.74. The molecule has 0 saturated heterocycles. The molecule has 144 valence electrons. The van der Waals surface area contributed by atoms with Crippen molar-refractivity contribution >= 4 is 17.4 Å². The van der Waals surface area contributed by atoms with Crippen molar-refractivity contribution in [1.82, 2.24) is 0 Å². The number of aryl methyl sites for hydroxylation is 4. The third kappa shape index (κ3) is 6.48. The molecule has 0 aliphatic rings. The molecule has 0 aliphatic carbocycles. The SMILES string of the molecule is CCCc1ccc(N=C=Nc2ccc(CCC)cc2CCC)c(CCC)c1. The number of hydrogen-bond acceptors (Lipinski definition) is 2. The molecule has 27 heavy (non-hydrogen) atoms. The summed E-state index contributed by atoms with van der Waals surface area (Å²) < 4.78 is 0. The van der Waals surface area contributed by atoms with E-state index in [1.807, 2.05) is 0 Å². The Morgan fingerprint density at radius 1 is 0.593 bits per heavy atom. The monoisotopic (exact) mass is 362 g/mol. The van der Waals surface area contributed by atoms with Crippen molar-refractivity contribution in [3.63, 3.8) is 0 Å². The van der Waals surface area contributed by atoms with E-state index in [0.717, 1.165) is 49.9 Å². The predicted octanol–water partition coefficient (Wildman–Crippen LogP) is 7.63. The fourth-order valence-corrected chi connectivity index (χ4v) is 3.46. The Hall–Kier alpha value is -2.18. The Kier molecular flexibility index (Phi) is 9.01. The first-order chi connectivity index (χ1) is 13.2. The Morgan fingerprint density at radius 2 is 1.00 bits per heavy atom. The van der Waals surface area contributed by atoms with Gasteiger partial charge in [-0.3, -0.25) is 0 Å². The van der Waals surface area contributed by atoms with Gasteiger partial charge in [0, 0.05) is 0 Å². The highest BCUT2D eigenvalue weighted by atomic mass is 14.8. The first-order valence-electron chi connectivity index (χ1n) is 10.6. The normalized spacial score (nSPS) is 10.5. The standard InChI is InChI=1S/C25H34N2/c1-5-9-20-13-15-24(22(17-20)11-7-3)26-19-27-25-16-14-21(10-6-2)18-23(25)12-8-4/h13-18H,5-12H2,1-4H3. The van der Waals surface area contributed by atoms with Crippen molar-refractivity contribution in [3.8, 4) is 0 Å². The van der Waals surface area contributed by atoms with Crippen LogP contribution in [0.4, 0.5) is 11.4 Å². The summed E-state index contributed by atoms with van der Waals surface area (Å²) in [6.45, 7) is 8.86. The highest BCUT2D eigenvalue weighted by molar-refractivity contribution is 5.62. The van der Waals surface area contributed by atoms with Crippen LogP contribution in [-0.4, -0.2) is 6.01 Å². The molecule has 0 aliphatic heterocycles. The van der Waals surface area contributed by atoms with Gasteiger partial charge in [0.25, 0.3) is 0 Å². The molecule has 2 aromatic rings. The van der Waals surface area contributed by atoms with Crippen LogP contribution in [0.3, 0.4) is 0 Å². The van der Waals surface area contributed by atoms with Gasteiger partial charge < -0.3 is 0 Å². The molecule has 0 unspecified atom stereocenters. The Labute approximate surface area is 165 Å². The van der Waals surface area contributed by atoms with Gasteiger partial charge >= 0.3 is 0 Å². The van der Waals surface area contributed by atoms with Crippen molar-refractivity contribution in [2.24, 2.45) is 9.98 Å². The zero-order valence-electron chi connectivity index (χ0n) is 17.5. The molecule has 0 atom stereocenters. The topological polar surface area (TPSA) is 24.7 Å². The van der Waals surface area contributed by atoms with E-state index in [2.05, 4.69) is 80.1 Å². The fraction of sp³-hybridized carbons (Fsp3) is 0.480. The van der Waals surface area contributed by atoms with Gasteiger partial charge in [0.2, 0.25) is 0 Å². The van der Waals surface area contributed by atoms with E-state index in [1.165, 1.54) is 35.1 Å². The molecule has 2 heteroatoms. The van der Waals surface area contributed by atoms with E-state index in [-0.39, 0.29) is 0 Å². The van der Waals surface area contributed by atoms with Crippen molar-refractivity contribution < 1.29 is 0 Å². The largest absolute Gasteiger partial charge is 0.187 e. The fourth-order valence-electron chi connectivity index (χ4n) is 3.46. The Balaban J connectivity index is 2.29. The minimum atomic E-state index is 1.00. The maximum atomic E-state index is 4.56. The second-order valence-electron chi connectivity index (χ2n) is 7.25. The van der Waals surface area contributed by atoms with E-state index >= 15 is 0 Å². The van der Waals surface area contributed by atoms with Crippen LogP contribution in [0, 0.1) is 0 Å². The van der Waals surface area contributed by atoms with Gasteiger partial charge in [0.15, 0.2) is 0 Å². The second-order valence-corrected chi connectivity index (χ2v) is 7.25. The maximum Gasteiger partial charge on any atom is 0.100 e. The van der Waals surface area contributed by atoms with E-state index in [4.69, 9.17) is 0 Å². The van der Waals surface area contributed by atoms with Gasteiger partial charge in [0.1, 0.15) is 6.01 Å². The van der Waals surface area contributed by atoms with Crippen LogP contribution in [0.2, 0.25) is 0 Å². The zero-order chi connectivity index (χ0) is 19.5. The lowest BCUT2D eigenvalue weighted by Crippen LogP contribution is -1.90. The van der Waals surface area contributed by atoms with Crippen LogP contribution in [-0.2, 0) is 25.7 Å². The van der Waals surface area contributed by atoms with Crippen molar-refractivity contribution in [1.29, 1.82) is 0 Å². The molecular formula is C25H34N2. The Morgan fingerprint density at radius 3 is 1.37 bits per heavy atom. The lowest BCUT2D eigenvalue weighted by Gasteiger charge is -2.07. The highest BCUT2D eigenvalue weighted by Gasteiger charge is 2.04. The summed E-state index contributed by atoms with van der Waals surface area (Å²) in [6.07, 6.45) is 8.92. The van der Waals surface area contributed by atoms with Gasteiger partial charge in [0.05, 0.1) is 11.4 Å². The average Bonchev–Trinajstić information content (AvgIpc) is 2.66. The minimum absolute atomic E-state index is 1.00. The summed E-state index contributed by atoms with van der Waals surface area (Å²) >= 11 is 0. The third-order valence-electron chi connectivity index (χ3n) is 4.74. The molecule has 0 aromatic heterocycles. The number of hydrogen-bond donors (Lipinski definition) is 0. The van der Waals surface area contributed by atoms with Crippen LogP contribution >= 0.6 is 0 Å². The molecule has 2 aromatic carbocycles. The molecule has 0 saturated carbocycles. The molecule has 0 heterocycles. The molecule has 2 rings (SSSR count). The number of benzene rings is 2. The number of nitrogens with zero attached hydrogens (tertiary/aromatic N) is 2. The Bertz CT molecular complexity index is 719. The summed E-state index contributed by atoms with van der Waals surface area (Å²) in [7, 11) is 0. The second kappa shape index (κ2) is 11.5. The summed E-state index contributed by atoms with van der Waals surface area (Å²) in [4.78, 5) is 9.13. The number of rotatable bonds is 10. The van der Waals surface area contributed by atoms with Gasteiger partial charge in [-0.2, -0.15) is 9.98 Å². The van der Waals surface area contributed by atoms with Gasteiger partial charge in [-0.05, 0) is 60.1 Å². The number of aliphatic imine (C=N–C) groups is 2. The van der Waals surface area contributed by atoms with Crippen LogP contribution in [0.15, 0.2) is 46.4 Å². The molecule has 0 radical (unpaired) electrons. The highest BCUT2D eigenvalue weighted by Crippen LogP contribution is 2.25. The molecule has 0 amide bonds. The van der Waals surface area contributed by atoms with Crippen molar-refractivity contribution in [3.05, 3.63) is 58.7 Å². The van der Waals surface area contributed by atoms with Crippen LogP contribution in [0.5, 0.6) is 0 Å². The smallest absolute Gasteiger partial charge is 0.100 e. The summed E-state index contributed by atoms with van der Waals surface area (Å²) in [6, 6.07) is 16.2. The van der Waals surface area contributed by atoms with Crippen LogP contribution in [0.25, 0.3) is 0 Å². The molecule has 0 spiro atoms. The maximum absolute atomic E-state index is 4.56. The van der Waals surface area contributed by atoms with E-state index < -0.39 is 0 Å². The zero-order valence-corrected chi connectivity index (χ0v) is 17.5. The van der Waals surface area contributed by atoms with Crippen LogP contribution in [0.1, 0.15) is 75.6 Å². The lowest BCUT2D eigenvalue weighted by molar-refractivity contribution is 0.895. The predicted molar refractivity (Wildman–Crippen MR) is 118 cm³/mol. The lowest BCUT2D eigenvalue weighted by atomic mass is 10.0. The van der Waals surface area contributed by atoms with E-state index in [1.54, 1.807) is 0 Å². The van der Waals surface area contributed by atoms with Gasteiger partial charge in [-0.25, -0.2) is 0 Å². The van der Waals surface area contributed by atoms with Gasteiger partial charge in [-0.15, -0.1) is 0 Å². The summed E-state index contributed by atoms with van der Waals surface area (Å²) in [5.41, 5.74) is 7.40. The molecular weight excluding hydrogens is 328 g/mol. The van der Waals surface area contributed by atoms with Crippen molar-refractivity contribution in [2.75, 3.05) is 0 Å². The molecule has 0 fully saturated rings. The first-order valence-corrected chi connectivity index (χ1v) is 10.6. The molecule has 0 bridgehead atoms. The van der Waals surface area contributed by atoms with Crippen molar-refractivity contribution in [2.45, 2.75) is 79.1 Å². The molecule has 2 nitrogen and oxygen atoms in total. The minimum Gasteiger partial charge on any atom is -0.187 e. The average molecular weight is 363 g/mol. The van der Waals surface area contributed by atoms with Crippen LogP contribution < -0.4 is 0 Å². The van der Waals surface area contributed by atoms with E-state index in [9.17, 15) is 0 Å². The first kappa shape index (κ1) is 21.1. The summed E-state index contributed by atoms with van der Waals surface area (Å²) in [5, 5.41) is 0. The molecule has 0 N–H and O–H groups in total.